The van der Waals surface area contributed by atoms with E-state index in [-0.39, 0.29) is 31.0 Å². The molecule has 2 aromatic rings. The summed E-state index contributed by atoms with van der Waals surface area (Å²) in [5.41, 5.74) is 1.96. The Labute approximate surface area is 172 Å². The zero-order chi connectivity index (χ0) is 21.7. The SMILES string of the molecule is CN(c1c(C#N)cnc2[nH]ccc12)C1CC2CN(S(=O)(=O)CCC(F)(F)F)C[C@H]2C1. The first-order chi connectivity index (χ1) is 14.1. The fourth-order valence-corrected chi connectivity index (χ4v) is 6.37. The van der Waals surface area contributed by atoms with Crippen molar-refractivity contribution in [1.82, 2.24) is 14.3 Å². The Morgan fingerprint density at radius 1 is 1.33 bits per heavy atom. The van der Waals surface area contributed by atoms with Crippen LogP contribution in [0.25, 0.3) is 11.0 Å². The number of fused-ring (bicyclic) bond motifs is 2. The zero-order valence-electron chi connectivity index (χ0n) is 16.4. The van der Waals surface area contributed by atoms with E-state index in [2.05, 4.69) is 20.9 Å². The number of nitrogens with zero attached hydrogens (tertiary/aromatic N) is 4. The highest BCUT2D eigenvalue weighted by Gasteiger charge is 2.46. The van der Waals surface area contributed by atoms with E-state index in [1.807, 2.05) is 13.1 Å². The Balaban J connectivity index is 1.46. The Kier molecular flexibility index (Phi) is 5.18. The number of anilines is 1. The number of rotatable bonds is 5. The molecule has 0 amide bonds. The minimum absolute atomic E-state index is 0.104. The number of pyridine rings is 1. The minimum Gasteiger partial charge on any atom is -0.370 e. The molecule has 2 fully saturated rings. The van der Waals surface area contributed by atoms with Crippen molar-refractivity contribution in [3.05, 3.63) is 24.0 Å². The van der Waals surface area contributed by atoms with Crippen molar-refractivity contribution in [3.8, 4) is 6.07 Å². The zero-order valence-corrected chi connectivity index (χ0v) is 17.2. The van der Waals surface area contributed by atoms with E-state index in [0.29, 0.717) is 11.2 Å². The van der Waals surface area contributed by atoms with Crippen LogP contribution in [0.5, 0.6) is 0 Å². The average Bonchev–Trinajstić information content (AvgIpc) is 3.38. The first-order valence-corrected chi connectivity index (χ1v) is 11.3. The highest BCUT2D eigenvalue weighted by Crippen LogP contribution is 2.43. The van der Waals surface area contributed by atoms with Crippen LogP contribution < -0.4 is 4.90 Å². The topological polar surface area (TPSA) is 93.1 Å². The lowest BCUT2D eigenvalue weighted by atomic mass is 10.0. The highest BCUT2D eigenvalue weighted by atomic mass is 32.2. The van der Waals surface area contributed by atoms with E-state index in [1.165, 1.54) is 10.5 Å². The molecule has 0 aromatic carbocycles. The number of hydrogen-bond donors (Lipinski definition) is 1. The molecule has 2 unspecified atom stereocenters. The Morgan fingerprint density at radius 2 is 2.00 bits per heavy atom. The lowest BCUT2D eigenvalue weighted by Gasteiger charge is -2.29. The van der Waals surface area contributed by atoms with Crippen LogP contribution in [0.15, 0.2) is 18.5 Å². The van der Waals surface area contributed by atoms with Crippen LogP contribution in [0.3, 0.4) is 0 Å². The Hall–Kier alpha value is -2.32. The summed E-state index contributed by atoms with van der Waals surface area (Å²) < 4.78 is 63.2. The molecule has 2 aliphatic rings. The molecule has 1 saturated carbocycles. The van der Waals surface area contributed by atoms with Gasteiger partial charge in [-0.05, 0) is 30.7 Å². The maximum Gasteiger partial charge on any atom is 0.390 e. The van der Waals surface area contributed by atoms with Crippen molar-refractivity contribution in [3.63, 3.8) is 0 Å². The highest BCUT2D eigenvalue weighted by molar-refractivity contribution is 7.89. The molecule has 7 nitrogen and oxygen atoms in total. The molecule has 1 aliphatic heterocycles. The second-order valence-corrected chi connectivity index (χ2v) is 10.2. The number of nitriles is 1. The number of aromatic nitrogens is 2. The van der Waals surface area contributed by atoms with Crippen LogP contribution in [0, 0.1) is 23.2 Å². The quantitative estimate of drug-likeness (QED) is 0.770. The normalized spacial score (nSPS) is 24.8. The third-order valence-corrected chi connectivity index (χ3v) is 8.11. The number of nitrogens with one attached hydrogen (secondary N) is 1. The molecule has 4 rings (SSSR count). The summed E-state index contributed by atoms with van der Waals surface area (Å²) >= 11 is 0. The van der Waals surface area contributed by atoms with Gasteiger partial charge in [-0.25, -0.2) is 17.7 Å². The molecule has 162 valence electrons. The van der Waals surface area contributed by atoms with E-state index in [0.717, 1.165) is 23.9 Å². The molecular formula is C19H22F3N5O2S. The molecule has 3 atom stereocenters. The van der Waals surface area contributed by atoms with Crippen LogP contribution in [-0.2, 0) is 10.0 Å². The second kappa shape index (κ2) is 7.42. The van der Waals surface area contributed by atoms with Crippen LogP contribution in [0.4, 0.5) is 18.9 Å². The molecule has 1 aliphatic carbocycles. The molecule has 0 spiro atoms. The Bertz CT molecular complexity index is 1080. The smallest absolute Gasteiger partial charge is 0.370 e. The number of H-pyrrole nitrogens is 1. The summed E-state index contributed by atoms with van der Waals surface area (Å²) in [4.78, 5) is 9.36. The first kappa shape index (κ1) is 20.9. The van der Waals surface area contributed by atoms with Crippen LogP contribution in [0.1, 0.15) is 24.8 Å². The number of hydrogen-bond acceptors (Lipinski definition) is 5. The molecule has 11 heteroatoms. The fourth-order valence-electron chi connectivity index (χ4n) is 4.78. The minimum atomic E-state index is -4.48. The number of halogens is 3. The molecule has 3 heterocycles. The van der Waals surface area contributed by atoms with Crippen molar-refractivity contribution in [2.75, 3.05) is 30.8 Å². The fraction of sp³-hybridized carbons (Fsp3) is 0.579. The lowest BCUT2D eigenvalue weighted by molar-refractivity contribution is -0.130. The molecule has 30 heavy (non-hydrogen) atoms. The third-order valence-electron chi connectivity index (χ3n) is 6.31. The van der Waals surface area contributed by atoms with Gasteiger partial charge < -0.3 is 9.88 Å². The van der Waals surface area contributed by atoms with Crippen molar-refractivity contribution >= 4 is 26.7 Å². The van der Waals surface area contributed by atoms with E-state index < -0.39 is 28.4 Å². The van der Waals surface area contributed by atoms with Gasteiger partial charge in [0.05, 0.1) is 23.4 Å². The predicted octanol–water partition coefficient (Wildman–Crippen LogP) is 2.86. The number of sulfonamides is 1. The Morgan fingerprint density at radius 3 is 2.60 bits per heavy atom. The summed E-state index contributed by atoms with van der Waals surface area (Å²) in [5.74, 6) is -0.688. The summed E-state index contributed by atoms with van der Waals surface area (Å²) in [7, 11) is -1.99. The van der Waals surface area contributed by atoms with Gasteiger partial charge in [0.25, 0.3) is 0 Å². The van der Waals surface area contributed by atoms with Gasteiger partial charge in [0, 0.05) is 44.0 Å². The van der Waals surface area contributed by atoms with E-state index in [1.54, 1.807) is 6.20 Å². The van der Waals surface area contributed by atoms with E-state index >= 15 is 0 Å². The molecule has 2 aromatic heterocycles. The van der Waals surface area contributed by atoms with Crippen molar-refractivity contribution < 1.29 is 21.6 Å². The average molecular weight is 441 g/mol. The van der Waals surface area contributed by atoms with Gasteiger partial charge in [-0.15, -0.1) is 0 Å². The summed E-state index contributed by atoms with van der Waals surface area (Å²) in [6.07, 6.45) is -1.04. The summed E-state index contributed by atoms with van der Waals surface area (Å²) in [5, 5.41) is 10.4. The number of alkyl halides is 3. The monoisotopic (exact) mass is 441 g/mol. The maximum atomic E-state index is 12.4. The standard InChI is InChI=1S/C19H22F3N5O2S/c1-26(17-14(8-23)9-25-18-16(17)2-4-24-18)15-6-12-10-27(11-13(12)7-15)30(28,29)5-3-19(20,21)22/h2,4,9,12-13,15H,3,5-7,10-11H2,1H3,(H,24,25)/t12-,13?,15?/m1/s1. The predicted molar refractivity (Wildman–Crippen MR) is 105 cm³/mol. The summed E-state index contributed by atoms with van der Waals surface area (Å²) in [6, 6.07) is 4.18. The molecule has 0 radical (unpaired) electrons. The molecule has 0 bridgehead atoms. The van der Waals surface area contributed by atoms with Gasteiger partial charge in [-0.1, -0.05) is 0 Å². The van der Waals surface area contributed by atoms with E-state index in [4.69, 9.17) is 0 Å². The lowest BCUT2D eigenvalue weighted by Crippen LogP contribution is -2.36. The first-order valence-electron chi connectivity index (χ1n) is 9.72. The molecule has 1 N–H and O–H groups in total. The van der Waals surface area contributed by atoms with Gasteiger partial charge >= 0.3 is 6.18 Å². The van der Waals surface area contributed by atoms with Gasteiger partial charge in [0.15, 0.2) is 0 Å². The van der Waals surface area contributed by atoms with Crippen molar-refractivity contribution in [1.29, 1.82) is 5.26 Å². The van der Waals surface area contributed by atoms with Crippen LogP contribution >= 0.6 is 0 Å². The van der Waals surface area contributed by atoms with Gasteiger partial charge in [-0.3, -0.25) is 0 Å². The van der Waals surface area contributed by atoms with Crippen LogP contribution in [-0.4, -0.2) is 60.8 Å². The molecular weight excluding hydrogens is 419 g/mol. The maximum absolute atomic E-state index is 12.4. The van der Waals surface area contributed by atoms with Crippen molar-refractivity contribution in [2.45, 2.75) is 31.5 Å². The largest absolute Gasteiger partial charge is 0.390 e. The van der Waals surface area contributed by atoms with E-state index in [9.17, 15) is 26.9 Å². The van der Waals surface area contributed by atoms with Gasteiger partial charge in [0.2, 0.25) is 10.0 Å². The van der Waals surface area contributed by atoms with Crippen LogP contribution in [0.2, 0.25) is 0 Å². The second-order valence-electron chi connectivity index (χ2n) is 8.13. The van der Waals surface area contributed by atoms with Gasteiger partial charge in [0.1, 0.15) is 11.7 Å². The molecule has 1 saturated heterocycles. The number of aromatic amines is 1. The van der Waals surface area contributed by atoms with Gasteiger partial charge in [-0.2, -0.15) is 18.4 Å². The third kappa shape index (κ3) is 3.86. The summed E-state index contributed by atoms with van der Waals surface area (Å²) in [6.45, 7) is 0.520. The van der Waals surface area contributed by atoms with Crippen molar-refractivity contribution in [2.24, 2.45) is 11.8 Å².